The molecule has 2 heteroatoms. The van der Waals surface area contributed by atoms with Gasteiger partial charge in [-0.15, -0.1) is 0 Å². The Labute approximate surface area is 81.4 Å². The van der Waals surface area contributed by atoms with Gasteiger partial charge in [0.15, 0.2) is 0 Å². The molecular weight excluding hydrogens is 162 g/mol. The first-order chi connectivity index (χ1) is 5.97. The fourth-order valence-corrected chi connectivity index (χ4v) is 1.49. The highest BCUT2D eigenvalue weighted by atomic mass is 16.5. The fraction of sp³-hybridized carbons (Fsp3) is 0.818. The molecule has 0 unspecified atom stereocenters. The van der Waals surface area contributed by atoms with Crippen LogP contribution in [0.1, 0.15) is 33.6 Å². The lowest BCUT2D eigenvalue weighted by Gasteiger charge is -2.28. The van der Waals surface area contributed by atoms with E-state index in [-0.39, 0.29) is 5.60 Å². The van der Waals surface area contributed by atoms with Crippen molar-refractivity contribution in [1.29, 1.82) is 0 Å². The summed E-state index contributed by atoms with van der Waals surface area (Å²) >= 11 is 0. The fourth-order valence-electron chi connectivity index (χ4n) is 1.49. The molecule has 2 nitrogen and oxygen atoms in total. The van der Waals surface area contributed by atoms with Crippen LogP contribution < -0.4 is 5.32 Å². The van der Waals surface area contributed by atoms with Crippen LogP contribution in [0.5, 0.6) is 0 Å². The van der Waals surface area contributed by atoms with E-state index in [1.807, 2.05) is 0 Å². The van der Waals surface area contributed by atoms with Crippen molar-refractivity contribution in [2.75, 3.05) is 13.2 Å². The van der Waals surface area contributed by atoms with Crippen molar-refractivity contribution in [3.8, 4) is 0 Å². The van der Waals surface area contributed by atoms with Crippen molar-refractivity contribution < 1.29 is 4.74 Å². The van der Waals surface area contributed by atoms with Gasteiger partial charge >= 0.3 is 0 Å². The summed E-state index contributed by atoms with van der Waals surface area (Å²) in [6, 6.07) is 0. The third-order valence-electron chi connectivity index (χ3n) is 2.21. The Morgan fingerprint density at radius 2 is 2.23 bits per heavy atom. The topological polar surface area (TPSA) is 21.3 Å². The van der Waals surface area contributed by atoms with Crippen molar-refractivity contribution in [2.24, 2.45) is 5.92 Å². The van der Waals surface area contributed by atoms with Crippen LogP contribution in [0, 0.1) is 5.92 Å². The van der Waals surface area contributed by atoms with Crippen LogP contribution >= 0.6 is 0 Å². The molecule has 0 aromatic rings. The molecule has 0 spiro atoms. The molecule has 0 bridgehead atoms. The summed E-state index contributed by atoms with van der Waals surface area (Å²) in [5, 5.41) is 3.26. The molecule has 1 aliphatic rings. The van der Waals surface area contributed by atoms with E-state index in [9.17, 15) is 0 Å². The number of piperidine rings is 1. The molecule has 1 heterocycles. The van der Waals surface area contributed by atoms with E-state index in [2.05, 4.69) is 32.7 Å². The predicted octanol–water partition coefficient (Wildman–Crippen LogP) is 2.31. The molecule has 0 amide bonds. The van der Waals surface area contributed by atoms with Gasteiger partial charge in [-0.3, -0.25) is 0 Å². The molecule has 1 atom stereocenters. The third kappa shape index (κ3) is 4.32. The standard InChI is InChI=1S/C11H21NO/c1-9-7-10(5-6-12-9)8-13-11(2,3)4/h10,12H,1,5-8H2,2-4H3/t10-/m1/s1. The van der Waals surface area contributed by atoms with Crippen molar-refractivity contribution in [2.45, 2.75) is 39.2 Å². The zero-order valence-electron chi connectivity index (χ0n) is 9.02. The molecule has 0 radical (unpaired) electrons. The number of rotatable bonds is 2. The summed E-state index contributed by atoms with van der Waals surface area (Å²) in [6.45, 7) is 12.2. The zero-order chi connectivity index (χ0) is 9.90. The molecule has 0 aliphatic carbocycles. The van der Waals surface area contributed by atoms with Crippen molar-refractivity contribution in [3.05, 3.63) is 12.3 Å². The van der Waals surface area contributed by atoms with Gasteiger partial charge in [-0.2, -0.15) is 0 Å². The first-order valence-corrected chi connectivity index (χ1v) is 5.03. The van der Waals surface area contributed by atoms with Gasteiger partial charge in [0.25, 0.3) is 0 Å². The van der Waals surface area contributed by atoms with Crippen molar-refractivity contribution in [1.82, 2.24) is 5.32 Å². The lowest BCUT2D eigenvalue weighted by Crippen LogP contribution is -2.30. The van der Waals surface area contributed by atoms with Crippen LogP contribution in [0.4, 0.5) is 0 Å². The van der Waals surface area contributed by atoms with Gasteiger partial charge in [0.05, 0.1) is 12.2 Å². The van der Waals surface area contributed by atoms with Crippen LogP contribution in [-0.4, -0.2) is 18.8 Å². The van der Waals surface area contributed by atoms with Gasteiger partial charge in [0.2, 0.25) is 0 Å². The second-order valence-electron chi connectivity index (χ2n) is 4.81. The van der Waals surface area contributed by atoms with E-state index >= 15 is 0 Å². The largest absolute Gasteiger partial charge is 0.389 e. The van der Waals surface area contributed by atoms with Crippen molar-refractivity contribution in [3.63, 3.8) is 0 Å². The lowest BCUT2D eigenvalue weighted by molar-refractivity contribution is -0.0249. The molecule has 1 fully saturated rings. The van der Waals surface area contributed by atoms with Crippen LogP contribution in [-0.2, 0) is 4.74 Å². The molecule has 1 aliphatic heterocycles. The van der Waals surface area contributed by atoms with E-state index < -0.39 is 0 Å². The monoisotopic (exact) mass is 183 g/mol. The highest BCUT2D eigenvalue weighted by molar-refractivity contribution is 4.96. The maximum Gasteiger partial charge on any atom is 0.0598 e. The first kappa shape index (κ1) is 10.6. The molecule has 76 valence electrons. The van der Waals surface area contributed by atoms with E-state index in [0.717, 1.165) is 25.3 Å². The quantitative estimate of drug-likeness (QED) is 0.709. The average molecular weight is 183 g/mol. The van der Waals surface area contributed by atoms with Gasteiger partial charge in [-0.25, -0.2) is 0 Å². The van der Waals surface area contributed by atoms with Gasteiger partial charge < -0.3 is 10.1 Å². The summed E-state index contributed by atoms with van der Waals surface area (Å²) in [6.07, 6.45) is 2.27. The number of hydrogen-bond acceptors (Lipinski definition) is 2. The number of ether oxygens (including phenoxy) is 1. The Kier molecular flexibility index (Phi) is 3.37. The highest BCUT2D eigenvalue weighted by Crippen LogP contribution is 2.20. The maximum atomic E-state index is 5.75. The number of hydrogen-bond donors (Lipinski definition) is 1. The summed E-state index contributed by atoms with van der Waals surface area (Å²) < 4.78 is 5.75. The van der Waals surface area contributed by atoms with Crippen molar-refractivity contribution >= 4 is 0 Å². The van der Waals surface area contributed by atoms with Gasteiger partial charge in [-0.1, -0.05) is 6.58 Å². The van der Waals surface area contributed by atoms with Gasteiger partial charge in [-0.05, 0) is 39.5 Å². The molecule has 13 heavy (non-hydrogen) atoms. The van der Waals surface area contributed by atoms with Crippen LogP contribution in [0.2, 0.25) is 0 Å². The van der Waals surface area contributed by atoms with Gasteiger partial charge in [0, 0.05) is 12.2 Å². The van der Waals surface area contributed by atoms with E-state index in [1.165, 1.54) is 6.42 Å². The molecule has 1 saturated heterocycles. The van der Waals surface area contributed by atoms with Crippen LogP contribution in [0.25, 0.3) is 0 Å². The highest BCUT2D eigenvalue weighted by Gasteiger charge is 2.18. The predicted molar refractivity (Wildman–Crippen MR) is 55.6 cm³/mol. The van der Waals surface area contributed by atoms with Crippen LogP contribution in [0.15, 0.2) is 12.3 Å². The second-order valence-corrected chi connectivity index (χ2v) is 4.81. The Balaban J connectivity index is 2.25. The van der Waals surface area contributed by atoms with Gasteiger partial charge in [0.1, 0.15) is 0 Å². The van der Waals surface area contributed by atoms with Crippen LogP contribution in [0.3, 0.4) is 0 Å². The normalized spacial score (nSPS) is 24.2. The summed E-state index contributed by atoms with van der Waals surface area (Å²) in [7, 11) is 0. The average Bonchev–Trinajstić information content (AvgIpc) is 2.00. The maximum absolute atomic E-state index is 5.75. The third-order valence-corrected chi connectivity index (χ3v) is 2.21. The minimum absolute atomic E-state index is 0.00773. The number of allylic oxidation sites excluding steroid dienone is 1. The molecule has 0 saturated carbocycles. The Bertz CT molecular complexity index is 181. The van der Waals surface area contributed by atoms with E-state index in [0.29, 0.717) is 5.92 Å². The summed E-state index contributed by atoms with van der Waals surface area (Å²) in [5.41, 5.74) is 1.15. The molecule has 1 rings (SSSR count). The zero-order valence-corrected chi connectivity index (χ0v) is 9.02. The molecule has 1 N–H and O–H groups in total. The number of nitrogens with one attached hydrogen (secondary N) is 1. The molecule has 0 aromatic heterocycles. The SMILES string of the molecule is C=C1C[C@H](COC(C)(C)C)CCN1. The molecular formula is C11H21NO. The minimum Gasteiger partial charge on any atom is -0.389 e. The first-order valence-electron chi connectivity index (χ1n) is 5.03. The Morgan fingerprint density at radius 1 is 1.54 bits per heavy atom. The lowest BCUT2D eigenvalue weighted by atomic mass is 9.97. The second kappa shape index (κ2) is 4.14. The molecule has 0 aromatic carbocycles. The Morgan fingerprint density at radius 3 is 2.77 bits per heavy atom. The summed E-state index contributed by atoms with van der Waals surface area (Å²) in [5.74, 6) is 0.660. The van der Waals surface area contributed by atoms with E-state index in [1.54, 1.807) is 0 Å². The minimum atomic E-state index is -0.00773. The van der Waals surface area contributed by atoms with E-state index in [4.69, 9.17) is 4.74 Å². The Hall–Kier alpha value is -0.500. The smallest absolute Gasteiger partial charge is 0.0598 e. The summed E-state index contributed by atoms with van der Waals surface area (Å²) in [4.78, 5) is 0.